The third-order valence-corrected chi connectivity index (χ3v) is 29.0. The Bertz CT molecular complexity index is 8020. The van der Waals surface area contributed by atoms with E-state index in [9.17, 15) is 0 Å². The van der Waals surface area contributed by atoms with E-state index in [1.807, 2.05) is 73.3 Å². The summed E-state index contributed by atoms with van der Waals surface area (Å²) in [6.45, 7) is 8.60. The summed E-state index contributed by atoms with van der Waals surface area (Å²) in [5, 5.41) is 0. The lowest BCUT2D eigenvalue weighted by molar-refractivity contribution is 0.415. The molecule has 0 aliphatic carbocycles. The Morgan fingerprint density at radius 2 is 0.260 bits per heavy atom. The average molecular weight is 1930 g/mol. The summed E-state index contributed by atoms with van der Waals surface area (Å²) in [7, 11) is 6.76. The lowest BCUT2D eigenvalue weighted by atomic mass is 9.86. The first kappa shape index (κ1) is 94.4. The molecule has 0 fully saturated rings. The number of methoxy groups -OCH3 is 4. The van der Waals surface area contributed by atoms with Crippen LogP contribution in [0.25, 0.3) is 246 Å². The normalized spacial score (nSPS) is 11.2. The molecular weight excluding hydrogens is 1830 g/mol. The molecule has 0 aliphatic heterocycles. The van der Waals surface area contributed by atoms with Crippen molar-refractivity contribution in [3.05, 3.63) is 508 Å². The minimum Gasteiger partial charge on any atom is -0.497 e. The molecule has 5 heterocycles. The Kier molecular flexibility index (Phi) is 26.4. The van der Waals surface area contributed by atoms with Gasteiger partial charge in [0.1, 0.15) is 29.3 Å². The standard InChI is InChI=1S/C140H104N6O4/c1-89-73-135(141-84-131(89)99-57-65-115(147-5)66-58-99)103-45-33-93(34-46-103)119-21-9-15-27-125(119)109-77-110(126-28-16-10-22-120(126)94-35-47-104(48-36-94)136-74-90(2)132(85-142-136)100-59-67-116(148-6)68-60-100)80-113(79-109)129-31-19-13-25-123(129)97-41-53-107(54-42-97)139-83-140(146-88-145-139)108-55-43-98(44-56-108)124-26-14-20-32-130(124)114-81-111(127-29-17-11-23-121(127)95-37-49-105(50-38-95)137-75-91(3)133(86-143-137)101-61-69-117(149-7)70-62-101)78-112(82-114)128-30-18-12-24-122(128)96-39-51-106(52-40-96)138-76-92(4)134(87-144-138)102-63-71-118(150-8)72-64-102/h9-88H,1-8H3. The maximum atomic E-state index is 5.47. The van der Waals surface area contributed by atoms with Crippen LogP contribution in [0.2, 0.25) is 0 Å². The van der Waals surface area contributed by atoms with Crippen LogP contribution in [0.3, 0.4) is 0 Å². The van der Waals surface area contributed by atoms with Gasteiger partial charge in [0.15, 0.2) is 0 Å². The Morgan fingerprint density at radius 1 is 0.127 bits per heavy atom. The summed E-state index contributed by atoms with van der Waals surface area (Å²) in [4.78, 5) is 30.0. The lowest BCUT2D eigenvalue weighted by Gasteiger charge is -2.18. The van der Waals surface area contributed by atoms with Crippen LogP contribution >= 0.6 is 0 Å². The predicted octanol–water partition coefficient (Wildman–Crippen LogP) is 36.0. The molecule has 0 N–H and O–H groups in total. The van der Waals surface area contributed by atoms with E-state index in [0.717, 1.165) is 291 Å². The Hall–Kier alpha value is -19.2. The molecular formula is C140H104N6O4. The zero-order chi connectivity index (χ0) is 102. The molecule has 0 bridgehead atoms. The molecule has 0 unspecified atom stereocenters. The number of ether oxygens (including phenoxy) is 4. The van der Waals surface area contributed by atoms with Gasteiger partial charge in [0.2, 0.25) is 0 Å². The fourth-order valence-corrected chi connectivity index (χ4v) is 20.9. The molecule has 0 atom stereocenters. The average Bonchev–Trinajstić information content (AvgIpc) is 0.766. The molecule has 23 rings (SSSR count). The zero-order valence-corrected chi connectivity index (χ0v) is 84.5. The Labute approximate surface area is 875 Å². The molecule has 0 aliphatic rings. The smallest absolute Gasteiger partial charge is 0.118 e. The van der Waals surface area contributed by atoms with Crippen LogP contribution in [0.5, 0.6) is 23.0 Å². The van der Waals surface area contributed by atoms with Crippen molar-refractivity contribution in [2.75, 3.05) is 28.4 Å². The van der Waals surface area contributed by atoms with E-state index in [4.69, 9.17) is 48.9 Å². The van der Waals surface area contributed by atoms with Crippen LogP contribution in [0.1, 0.15) is 22.3 Å². The monoisotopic (exact) mass is 1930 g/mol. The van der Waals surface area contributed by atoms with E-state index < -0.39 is 0 Å². The van der Waals surface area contributed by atoms with E-state index in [0.29, 0.717) is 0 Å². The minimum atomic E-state index is 0.817. The SMILES string of the molecule is COc1ccc(-c2cnc(-c3ccc(-c4ccccc4-c4cc(-c5ccccc5-c5ccc(-c6cc(-c7ccc(-c8ccccc8-c8cc(-c9ccccc9-c9ccc(-c%10cc(C)c(-c%11ccc(OC)cc%11)cn%10)cc9)cc(-c9ccccc9-c9ccc(-c%10cc(C)c(-c%11ccc(OC)cc%11)cn%10)cc9)c8)cc7)ncn6)cc5)cc(-c5ccccc5-c5ccc(-c6cc(C)c(-c7ccc(OC)cc7)cn6)cc5)c4)cc3)cc2C)cc1. The summed E-state index contributed by atoms with van der Waals surface area (Å²) in [5.41, 5.74) is 51.1. The van der Waals surface area contributed by atoms with Crippen molar-refractivity contribution in [1.82, 2.24) is 29.9 Å². The first-order valence-corrected chi connectivity index (χ1v) is 50.5. The van der Waals surface area contributed by atoms with E-state index in [1.165, 1.54) is 0 Å². The third kappa shape index (κ3) is 19.5. The molecule has 5 aromatic heterocycles. The summed E-state index contributed by atoms with van der Waals surface area (Å²) >= 11 is 0. The first-order chi connectivity index (χ1) is 73.7. The molecule has 18 aromatic carbocycles. The van der Waals surface area contributed by atoms with Crippen molar-refractivity contribution in [2.24, 2.45) is 0 Å². The Morgan fingerprint density at radius 3 is 0.413 bits per heavy atom. The molecule has 0 spiro atoms. The fraction of sp³-hybridized carbons (Fsp3) is 0.0571. The van der Waals surface area contributed by atoms with Crippen molar-refractivity contribution in [1.29, 1.82) is 0 Å². The van der Waals surface area contributed by atoms with Crippen LogP contribution in [-0.4, -0.2) is 58.3 Å². The van der Waals surface area contributed by atoms with Crippen molar-refractivity contribution < 1.29 is 18.9 Å². The second-order valence-electron chi connectivity index (χ2n) is 38.1. The number of hydrogen-bond donors (Lipinski definition) is 0. The van der Waals surface area contributed by atoms with Gasteiger partial charge >= 0.3 is 0 Å². The van der Waals surface area contributed by atoms with Crippen molar-refractivity contribution in [3.8, 4) is 269 Å². The highest BCUT2D eigenvalue weighted by Gasteiger charge is 2.24. The second-order valence-corrected chi connectivity index (χ2v) is 38.1. The number of aryl methyl sites for hydroxylation is 4. The van der Waals surface area contributed by atoms with Gasteiger partial charge in [0.05, 0.1) is 62.6 Å². The van der Waals surface area contributed by atoms with Gasteiger partial charge in [0.25, 0.3) is 0 Å². The van der Waals surface area contributed by atoms with Gasteiger partial charge in [-0.25, -0.2) is 9.97 Å². The van der Waals surface area contributed by atoms with Gasteiger partial charge in [-0.05, 0) is 321 Å². The molecule has 0 radical (unpaired) electrons. The molecule has 23 aromatic rings. The highest BCUT2D eigenvalue weighted by Crippen LogP contribution is 2.49. The fourth-order valence-electron chi connectivity index (χ4n) is 20.9. The second kappa shape index (κ2) is 41.9. The summed E-state index contributed by atoms with van der Waals surface area (Å²) in [5.74, 6) is 3.29. The first-order valence-electron chi connectivity index (χ1n) is 50.5. The quantitative estimate of drug-likeness (QED) is 0.0519. The number of nitrogens with zero attached hydrogens (tertiary/aromatic N) is 6. The maximum Gasteiger partial charge on any atom is 0.118 e. The molecule has 10 heteroatoms. The minimum absolute atomic E-state index is 0.817. The summed E-state index contributed by atoms with van der Waals surface area (Å²) < 4.78 is 21.9. The van der Waals surface area contributed by atoms with Crippen LogP contribution in [0.15, 0.2) is 486 Å². The van der Waals surface area contributed by atoms with Gasteiger partial charge in [-0.1, -0.05) is 340 Å². The molecule has 0 amide bonds. The number of aromatic nitrogens is 6. The molecule has 718 valence electrons. The number of pyridine rings is 4. The van der Waals surface area contributed by atoms with E-state index >= 15 is 0 Å². The summed E-state index contributed by atoms with van der Waals surface area (Å²) in [6, 6.07) is 163. The number of rotatable bonds is 26. The third-order valence-electron chi connectivity index (χ3n) is 29.0. The largest absolute Gasteiger partial charge is 0.497 e. The topological polar surface area (TPSA) is 114 Å². The van der Waals surface area contributed by atoms with Gasteiger partial charge in [0, 0.05) is 80.4 Å². The maximum absolute atomic E-state index is 5.47. The van der Waals surface area contributed by atoms with Crippen molar-refractivity contribution in [2.45, 2.75) is 27.7 Å². The molecule has 0 saturated carbocycles. The van der Waals surface area contributed by atoms with Crippen LogP contribution in [0, 0.1) is 27.7 Å². The summed E-state index contributed by atoms with van der Waals surface area (Å²) in [6.07, 6.45) is 9.61. The highest BCUT2D eigenvalue weighted by atomic mass is 16.5. The Balaban J connectivity index is 0.556. The van der Waals surface area contributed by atoms with Crippen LogP contribution < -0.4 is 18.9 Å². The van der Waals surface area contributed by atoms with Gasteiger partial charge in [-0.15, -0.1) is 0 Å². The van der Waals surface area contributed by atoms with Crippen LogP contribution in [0.4, 0.5) is 0 Å². The van der Waals surface area contributed by atoms with Gasteiger partial charge in [-0.2, -0.15) is 0 Å². The predicted molar refractivity (Wildman–Crippen MR) is 618 cm³/mol. The number of hydrogen-bond acceptors (Lipinski definition) is 10. The van der Waals surface area contributed by atoms with Crippen molar-refractivity contribution >= 4 is 0 Å². The van der Waals surface area contributed by atoms with E-state index in [1.54, 1.807) is 34.8 Å². The van der Waals surface area contributed by atoms with E-state index in [2.05, 4.69) is 434 Å². The number of benzene rings is 18. The lowest BCUT2D eigenvalue weighted by Crippen LogP contribution is -1.93. The molecule has 10 nitrogen and oxygen atoms in total. The molecule has 0 saturated heterocycles. The van der Waals surface area contributed by atoms with Gasteiger partial charge in [-0.3, -0.25) is 19.9 Å². The zero-order valence-electron chi connectivity index (χ0n) is 84.5. The van der Waals surface area contributed by atoms with E-state index in [-0.39, 0.29) is 0 Å². The highest BCUT2D eigenvalue weighted by molar-refractivity contribution is 5.99. The van der Waals surface area contributed by atoms with Gasteiger partial charge < -0.3 is 18.9 Å². The van der Waals surface area contributed by atoms with Crippen LogP contribution in [-0.2, 0) is 0 Å². The van der Waals surface area contributed by atoms with Crippen molar-refractivity contribution in [3.63, 3.8) is 0 Å². The molecule has 150 heavy (non-hydrogen) atoms.